The first-order valence-corrected chi connectivity index (χ1v) is 13.3. The summed E-state index contributed by atoms with van der Waals surface area (Å²) in [5, 5.41) is 6.62. The van der Waals surface area contributed by atoms with Crippen molar-refractivity contribution in [3.63, 3.8) is 0 Å². The lowest BCUT2D eigenvalue weighted by atomic mass is 9.76. The number of fused-ring (bicyclic) bond motifs is 1. The van der Waals surface area contributed by atoms with Gasteiger partial charge in [-0.3, -0.25) is 9.69 Å². The molecule has 1 fully saturated rings. The van der Waals surface area contributed by atoms with E-state index in [1.165, 1.54) is 5.56 Å². The lowest BCUT2D eigenvalue weighted by Gasteiger charge is -2.37. The van der Waals surface area contributed by atoms with E-state index in [0.717, 1.165) is 62.5 Å². The molecule has 7 heteroatoms. The summed E-state index contributed by atoms with van der Waals surface area (Å²) in [7, 11) is 1.65. The SMILES string of the molecule is COc1ccc(C2=NN(Cc3ccc(CN4CCOCC4)cc3)C(=O)C3CC=CCC23)cc1OC(C)C. The van der Waals surface area contributed by atoms with Crippen molar-refractivity contribution < 1.29 is 19.0 Å². The third kappa shape index (κ3) is 5.89. The predicted octanol–water partition coefficient (Wildman–Crippen LogP) is 4.64. The smallest absolute Gasteiger partial charge is 0.247 e. The Kier molecular flexibility index (Phi) is 7.91. The van der Waals surface area contributed by atoms with Crippen molar-refractivity contribution >= 4 is 11.6 Å². The Morgan fingerprint density at radius 1 is 0.946 bits per heavy atom. The molecule has 2 aromatic rings. The van der Waals surface area contributed by atoms with Gasteiger partial charge >= 0.3 is 0 Å². The molecule has 0 radical (unpaired) electrons. The van der Waals surface area contributed by atoms with E-state index in [-0.39, 0.29) is 23.8 Å². The lowest BCUT2D eigenvalue weighted by Crippen LogP contribution is -2.45. The molecule has 1 aliphatic carbocycles. The van der Waals surface area contributed by atoms with E-state index >= 15 is 0 Å². The van der Waals surface area contributed by atoms with Crippen molar-refractivity contribution in [2.24, 2.45) is 16.9 Å². The van der Waals surface area contributed by atoms with Gasteiger partial charge in [-0.05, 0) is 56.0 Å². The van der Waals surface area contributed by atoms with Crippen molar-refractivity contribution in [1.29, 1.82) is 0 Å². The molecule has 0 N–H and O–H groups in total. The molecule has 0 saturated carbocycles. The maximum absolute atomic E-state index is 13.5. The minimum atomic E-state index is -0.102. The highest BCUT2D eigenvalue weighted by Crippen LogP contribution is 2.37. The predicted molar refractivity (Wildman–Crippen MR) is 144 cm³/mol. The summed E-state index contributed by atoms with van der Waals surface area (Å²) in [5.74, 6) is 1.45. The zero-order chi connectivity index (χ0) is 25.8. The molecular weight excluding hydrogens is 466 g/mol. The minimum Gasteiger partial charge on any atom is -0.493 e. The number of methoxy groups -OCH3 is 1. The van der Waals surface area contributed by atoms with Crippen LogP contribution in [0, 0.1) is 11.8 Å². The van der Waals surface area contributed by atoms with E-state index in [2.05, 4.69) is 41.3 Å². The first-order valence-electron chi connectivity index (χ1n) is 13.3. The van der Waals surface area contributed by atoms with Crippen LogP contribution in [0.2, 0.25) is 0 Å². The van der Waals surface area contributed by atoms with Crippen molar-refractivity contribution in [3.8, 4) is 11.5 Å². The molecule has 2 aromatic carbocycles. The van der Waals surface area contributed by atoms with Gasteiger partial charge in [0.15, 0.2) is 11.5 Å². The number of hydrogen-bond donors (Lipinski definition) is 0. The van der Waals surface area contributed by atoms with Gasteiger partial charge in [-0.15, -0.1) is 0 Å². The maximum Gasteiger partial charge on any atom is 0.247 e. The van der Waals surface area contributed by atoms with Gasteiger partial charge in [0.1, 0.15) is 0 Å². The summed E-state index contributed by atoms with van der Waals surface area (Å²) in [6.45, 7) is 8.90. The van der Waals surface area contributed by atoms with Crippen LogP contribution in [0.15, 0.2) is 59.7 Å². The highest BCUT2D eigenvalue weighted by molar-refractivity contribution is 6.07. The number of hydrazone groups is 1. The fourth-order valence-corrected chi connectivity index (χ4v) is 5.34. The molecule has 0 bridgehead atoms. The summed E-state index contributed by atoms with van der Waals surface area (Å²) in [5.41, 5.74) is 4.26. The molecule has 0 spiro atoms. The van der Waals surface area contributed by atoms with Crippen LogP contribution in [-0.4, -0.2) is 61.0 Å². The van der Waals surface area contributed by atoms with Crippen LogP contribution in [0.4, 0.5) is 0 Å². The van der Waals surface area contributed by atoms with E-state index in [9.17, 15) is 4.79 Å². The number of hydrogen-bond acceptors (Lipinski definition) is 6. The first-order chi connectivity index (χ1) is 18.0. The van der Waals surface area contributed by atoms with Crippen LogP contribution in [0.5, 0.6) is 11.5 Å². The highest BCUT2D eigenvalue weighted by Gasteiger charge is 2.40. The summed E-state index contributed by atoms with van der Waals surface area (Å²) >= 11 is 0. The summed E-state index contributed by atoms with van der Waals surface area (Å²) in [6.07, 6.45) is 5.87. The highest BCUT2D eigenvalue weighted by atomic mass is 16.5. The molecule has 1 saturated heterocycles. The van der Waals surface area contributed by atoms with Crippen LogP contribution in [0.1, 0.15) is 43.4 Å². The molecule has 2 aliphatic heterocycles. The monoisotopic (exact) mass is 503 g/mol. The average molecular weight is 504 g/mol. The van der Waals surface area contributed by atoms with Gasteiger partial charge in [0, 0.05) is 31.1 Å². The molecule has 2 unspecified atom stereocenters. The van der Waals surface area contributed by atoms with Crippen LogP contribution in [-0.2, 0) is 22.6 Å². The van der Waals surface area contributed by atoms with Crippen molar-refractivity contribution in [1.82, 2.24) is 9.91 Å². The number of carbonyl (C=O) groups is 1. The van der Waals surface area contributed by atoms with E-state index in [1.807, 2.05) is 32.0 Å². The Balaban J connectivity index is 1.39. The molecule has 37 heavy (non-hydrogen) atoms. The molecule has 5 rings (SSSR count). The zero-order valence-electron chi connectivity index (χ0n) is 22.1. The van der Waals surface area contributed by atoms with Gasteiger partial charge in [-0.1, -0.05) is 36.4 Å². The molecule has 1 amide bonds. The van der Waals surface area contributed by atoms with Gasteiger partial charge in [0.2, 0.25) is 5.91 Å². The number of nitrogens with zero attached hydrogens (tertiary/aromatic N) is 3. The van der Waals surface area contributed by atoms with Crippen molar-refractivity contribution in [2.45, 2.75) is 45.9 Å². The number of carbonyl (C=O) groups excluding carboxylic acids is 1. The molecular formula is C30H37N3O4. The summed E-state index contributed by atoms with van der Waals surface area (Å²) < 4.78 is 17.0. The van der Waals surface area contributed by atoms with Crippen LogP contribution >= 0.6 is 0 Å². The fraction of sp³-hybridized carbons (Fsp3) is 0.467. The number of allylic oxidation sites excluding steroid dienone is 2. The normalized spacial score (nSPS) is 22.1. The number of morpholine rings is 1. The van der Waals surface area contributed by atoms with Crippen LogP contribution in [0.3, 0.4) is 0 Å². The molecule has 2 atom stereocenters. The fourth-order valence-electron chi connectivity index (χ4n) is 5.34. The second-order valence-corrected chi connectivity index (χ2v) is 10.3. The summed E-state index contributed by atoms with van der Waals surface area (Å²) in [4.78, 5) is 15.9. The number of rotatable bonds is 8. The molecule has 0 aromatic heterocycles. The van der Waals surface area contributed by atoms with Gasteiger partial charge in [0.25, 0.3) is 0 Å². The number of amides is 1. The molecule has 7 nitrogen and oxygen atoms in total. The van der Waals surface area contributed by atoms with Gasteiger partial charge in [-0.2, -0.15) is 5.10 Å². The molecule has 2 heterocycles. The Labute approximate surface area is 219 Å². The largest absolute Gasteiger partial charge is 0.493 e. The summed E-state index contributed by atoms with van der Waals surface area (Å²) in [6, 6.07) is 14.5. The zero-order valence-corrected chi connectivity index (χ0v) is 22.1. The van der Waals surface area contributed by atoms with Crippen LogP contribution in [0.25, 0.3) is 0 Å². The molecule has 3 aliphatic rings. The van der Waals surface area contributed by atoms with Crippen LogP contribution < -0.4 is 9.47 Å². The van der Waals surface area contributed by atoms with Gasteiger partial charge in [0.05, 0.1) is 44.6 Å². The van der Waals surface area contributed by atoms with E-state index in [1.54, 1.807) is 12.1 Å². The van der Waals surface area contributed by atoms with Crippen molar-refractivity contribution in [3.05, 3.63) is 71.3 Å². The quantitative estimate of drug-likeness (QED) is 0.491. The van der Waals surface area contributed by atoms with Crippen molar-refractivity contribution in [2.75, 3.05) is 33.4 Å². The van der Waals surface area contributed by atoms with Gasteiger partial charge < -0.3 is 14.2 Å². The lowest BCUT2D eigenvalue weighted by molar-refractivity contribution is -0.138. The second-order valence-electron chi connectivity index (χ2n) is 10.3. The Morgan fingerprint density at radius 3 is 2.30 bits per heavy atom. The average Bonchev–Trinajstić information content (AvgIpc) is 2.91. The van der Waals surface area contributed by atoms with Gasteiger partial charge in [-0.25, -0.2) is 5.01 Å². The topological polar surface area (TPSA) is 63.6 Å². The Morgan fingerprint density at radius 2 is 1.62 bits per heavy atom. The third-order valence-corrected chi connectivity index (χ3v) is 7.27. The minimum absolute atomic E-state index is 0.0205. The number of benzene rings is 2. The Bertz CT molecular complexity index is 1150. The van der Waals surface area contributed by atoms with E-state index in [4.69, 9.17) is 19.3 Å². The van der Waals surface area contributed by atoms with E-state index < -0.39 is 0 Å². The maximum atomic E-state index is 13.5. The van der Waals surface area contributed by atoms with E-state index in [0.29, 0.717) is 18.0 Å². The Hall–Kier alpha value is -3.16. The first kappa shape index (κ1) is 25.5. The second kappa shape index (κ2) is 11.5. The standard InChI is InChI=1S/C30H37N3O4/c1-21(2)37-28-18-24(12-13-27(28)35-3)29-25-6-4-5-7-26(25)30(34)33(31-29)20-23-10-8-22(9-11-23)19-32-14-16-36-17-15-32/h4-5,8-13,18,21,25-26H,6-7,14-17,19-20H2,1-3H3. The third-order valence-electron chi connectivity index (χ3n) is 7.27. The molecule has 196 valence electrons. The number of ether oxygens (including phenoxy) is 3.